The van der Waals surface area contributed by atoms with Gasteiger partial charge in [0.05, 0.1) is 31.6 Å². The highest BCUT2D eigenvalue weighted by Crippen LogP contribution is 2.20. The zero-order valence-corrected chi connectivity index (χ0v) is 15.6. The first-order chi connectivity index (χ1) is 13.7. The van der Waals surface area contributed by atoms with E-state index in [9.17, 15) is 4.79 Å². The van der Waals surface area contributed by atoms with Crippen LogP contribution in [0, 0.1) is 0 Å². The van der Waals surface area contributed by atoms with Gasteiger partial charge in [-0.15, -0.1) is 0 Å². The maximum Gasteiger partial charge on any atom is 0.315 e. The molecule has 0 unspecified atom stereocenters. The zero-order valence-electron chi connectivity index (χ0n) is 15.6. The first-order valence-electron chi connectivity index (χ1n) is 8.89. The van der Waals surface area contributed by atoms with Crippen LogP contribution >= 0.6 is 0 Å². The maximum atomic E-state index is 11.9. The van der Waals surface area contributed by atoms with Gasteiger partial charge in [0.15, 0.2) is 0 Å². The average molecular weight is 378 g/mol. The van der Waals surface area contributed by atoms with E-state index in [1.54, 1.807) is 7.11 Å². The Morgan fingerprint density at radius 3 is 2.50 bits per heavy atom. The topological polar surface area (TPSA) is 85.4 Å². The van der Waals surface area contributed by atoms with Gasteiger partial charge >= 0.3 is 6.03 Å². The van der Waals surface area contributed by atoms with Gasteiger partial charge in [-0.1, -0.05) is 18.2 Å². The molecule has 1 aromatic heterocycles. The van der Waals surface area contributed by atoms with Crippen LogP contribution in [0.15, 0.2) is 67.0 Å². The van der Waals surface area contributed by atoms with Crippen molar-refractivity contribution < 1.29 is 14.3 Å². The lowest BCUT2D eigenvalue weighted by Crippen LogP contribution is -2.37. The molecule has 0 radical (unpaired) electrons. The van der Waals surface area contributed by atoms with Crippen molar-refractivity contribution in [1.82, 2.24) is 20.6 Å². The highest BCUT2D eigenvalue weighted by molar-refractivity contribution is 5.73. The normalized spacial score (nSPS) is 10.2. The SMILES string of the molecule is COc1ccc(-c2cc(CNC(=O)NCCOc3ccccc3)ncn2)cc1. The predicted molar refractivity (Wildman–Crippen MR) is 106 cm³/mol. The third-order valence-corrected chi connectivity index (χ3v) is 3.94. The summed E-state index contributed by atoms with van der Waals surface area (Å²) < 4.78 is 10.7. The number of hydrogen-bond acceptors (Lipinski definition) is 5. The maximum absolute atomic E-state index is 11.9. The molecule has 144 valence electrons. The quantitative estimate of drug-likeness (QED) is 0.589. The molecule has 3 aromatic rings. The van der Waals surface area contributed by atoms with E-state index >= 15 is 0 Å². The van der Waals surface area contributed by atoms with E-state index < -0.39 is 0 Å². The largest absolute Gasteiger partial charge is 0.497 e. The van der Waals surface area contributed by atoms with Crippen molar-refractivity contribution in [3.8, 4) is 22.8 Å². The number of urea groups is 1. The molecule has 7 nitrogen and oxygen atoms in total. The molecule has 0 bridgehead atoms. The zero-order chi connectivity index (χ0) is 19.6. The summed E-state index contributed by atoms with van der Waals surface area (Å²) in [6.45, 7) is 1.10. The molecule has 3 rings (SSSR count). The molecule has 2 amide bonds. The fourth-order valence-corrected chi connectivity index (χ4v) is 2.50. The first kappa shape index (κ1) is 19.2. The Balaban J connectivity index is 1.44. The third kappa shape index (κ3) is 5.70. The van der Waals surface area contributed by atoms with E-state index in [0.29, 0.717) is 19.7 Å². The second-order valence-corrected chi connectivity index (χ2v) is 5.89. The summed E-state index contributed by atoms with van der Waals surface area (Å²) in [5, 5.41) is 5.53. The summed E-state index contributed by atoms with van der Waals surface area (Å²) in [5.41, 5.74) is 2.45. The number of carbonyl (C=O) groups excluding carboxylic acids is 1. The second-order valence-electron chi connectivity index (χ2n) is 5.89. The fraction of sp³-hybridized carbons (Fsp3) is 0.190. The van der Waals surface area contributed by atoms with Crippen molar-refractivity contribution in [3.05, 3.63) is 72.7 Å². The van der Waals surface area contributed by atoms with E-state index in [0.717, 1.165) is 28.5 Å². The van der Waals surface area contributed by atoms with Gasteiger partial charge in [-0.2, -0.15) is 0 Å². The van der Waals surface area contributed by atoms with Gasteiger partial charge in [-0.3, -0.25) is 0 Å². The number of amides is 2. The summed E-state index contributed by atoms with van der Waals surface area (Å²) in [6, 6.07) is 18.6. The molecule has 2 aromatic carbocycles. The average Bonchev–Trinajstić information content (AvgIpc) is 2.76. The molecule has 0 fully saturated rings. The van der Waals surface area contributed by atoms with Crippen molar-refractivity contribution in [3.63, 3.8) is 0 Å². The van der Waals surface area contributed by atoms with E-state index in [-0.39, 0.29) is 6.03 Å². The lowest BCUT2D eigenvalue weighted by Gasteiger charge is -2.09. The summed E-state index contributed by atoms with van der Waals surface area (Å²) in [4.78, 5) is 20.4. The molecule has 0 aliphatic rings. The first-order valence-corrected chi connectivity index (χ1v) is 8.89. The number of rotatable bonds is 8. The number of nitrogens with one attached hydrogen (secondary N) is 2. The molecule has 7 heteroatoms. The van der Waals surface area contributed by atoms with Gasteiger partial charge in [-0.25, -0.2) is 14.8 Å². The highest BCUT2D eigenvalue weighted by Gasteiger charge is 2.05. The number of nitrogens with zero attached hydrogens (tertiary/aromatic N) is 2. The molecular formula is C21H22N4O3. The Bertz CT molecular complexity index is 886. The monoisotopic (exact) mass is 378 g/mol. The van der Waals surface area contributed by atoms with E-state index in [1.165, 1.54) is 6.33 Å². The van der Waals surface area contributed by atoms with E-state index in [4.69, 9.17) is 9.47 Å². The van der Waals surface area contributed by atoms with Crippen LogP contribution in [0.5, 0.6) is 11.5 Å². The Morgan fingerprint density at radius 1 is 0.964 bits per heavy atom. The molecule has 2 N–H and O–H groups in total. The summed E-state index contributed by atoms with van der Waals surface area (Å²) >= 11 is 0. The van der Waals surface area contributed by atoms with E-state index in [1.807, 2.05) is 60.7 Å². The summed E-state index contributed by atoms with van der Waals surface area (Å²) in [7, 11) is 1.63. The number of benzene rings is 2. The molecule has 0 saturated heterocycles. The molecule has 0 aliphatic carbocycles. The van der Waals surface area contributed by atoms with Crippen molar-refractivity contribution in [2.24, 2.45) is 0 Å². The second kappa shape index (κ2) is 9.91. The van der Waals surface area contributed by atoms with E-state index in [2.05, 4.69) is 20.6 Å². The van der Waals surface area contributed by atoms with Crippen LogP contribution in [0.4, 0.5) is 4.79 Å². The molecule has 0 aliphatic heterocycles. The van der Waals surface area contributed by atoms with Crippen LogP contribution in [0.2, 0.25) is 0 Å². The molecule has 1 heterocycles. The molecule has 0 atom stereocenters. The minimum Gasteiger partial charge on any atom is -0.497 e. The van der Waals surface area contributed by atoms with Gasteiger partial charge in [-0.05, 0) is 42.5 Å². The van der Waals surface area contributed by atoms with Crippen LogP contribution in [0.1, 0.15) is 5.69 Å². The number of methoxy groups -OCH3 is 1. The Labute approximate surface area is 163 Å². The summed E-state index contributed by atoms with van der Waals surface area (Å²) in [6.07, 6.45) is 1.49. The number of para-hydroxylation sites is 1. The molecular weight excluding hydrogens is 356 g/mol. The van der Waals surface area contributed by atoms with Crippen LogP contribution in [0.25, 0.3) is 11.3 Å². The molecule has 28 heavy (non-hydrogen) atoms. The fourth-order valence-electron chi connectivity index (χ4n) is 2.50. The lowest BCUT2D eigenvalue weighted by atomic mass is 10.1. The predicted octanol–water partition coefficient (Wildman–Crippen LogP) is 3.03. The number of aromatic nitrogens is 2. The van der Waals surface area contributed by atoms with Crippen molar-refractivity contribution in [1.29, 1.82) is 0 Å². The highest BCUT2D eigenvalue weighted by atomic mass is 16.5. The van der Waals surface area contributed by atoms with Crippen molar-refractivity contribution >= 4 is 6.03 Å². The van der Waals surface area contributed by atoms with Crippen LogP contribution in [-0.2, 0) is 6.54 Å². The van der Waals surface area contributed by atoms with Crippen LogP contribution in [-0.4, -0.2) is 36.3 Å². The van der Waals surface area contributed by atoms with Gasteiger partial charge in [0, 0.05) is 5.56 Å². The van der Waals surface area contributed by atoms with Gasteiger partial charge < -0.3 is 20.1 Å². The summed E-state index contributed by atoms with van der Waals surface area (Å²) in [5.74, 6) is 1.56. The lowest BCUT2D eigenvalue weighted by molar-refractivity contribution is 0.236. The minimum absolute atomic E-state index is 0.277. The standard InChI is InChI=1S/C21H22N4O3/c1-27-18-9-7-16(8-10-18)20-13-17(24-15-25-20)14-23-21(26)22-11-12-28-19-5-3-2-4-6-19/h2-10,13,15H,11-12,14H2,1H3,(H2,22,23,26). The molecule has 0 spiro atoms. The Hall–Kier alpha value is -3.61. The smallest absolute Gasteiger partial charge is 0.315 e. The Kier molecular flexibility index (Phi) is 6.78. The van der Waals surface area contributed by atoms with Gasteiger partial charge in [0.1, 0.15) is 24.4 Å². The molecule has 0 saturated carbocycles. The Morgan fingerprint density at radius 2 is 1.75 bits per heavy atom. The van der Waals surface area contributed by atoms with Gasteiger partial charge in [0.25, 0.3) is 0 Å². The number of carbonyl (C=O) groups is 1. The minimum atomic E-state index is -0.277. The third-order valence-electron chi connectivity index (χ3n) is 3.94. The van der Waals surface area contributed by atoms with Crippen LogP contribution < -0.4 is 20.1 Å². The number of ether oxygens (including phenoxy) is 2. The van der Waals surface area contributed by atoms with Crippen LogP contribution in [0.3, 0.4) is 0 Å². The van der Waals surface area contributed by atoms with Crippen molar-refractivity contribution in [2.75, 3.05) is 20.3 Å². The van der Waals surface area contributed by atoms with Crippen molar-refractivity contribution in [2.45, 2.75) is 6.54 Å². The number of hydrogen-bond donors (Lipinski definition) is 2. The van der Waals surface area contributed by atoms with Gasteiger partial charge in [0.2, 0.25) is 0 Å².